The smallest absolute Gasteiger partial charge is 0.389 e. The van der Waals surface area contributed by atoms with Crippen LogP contribution < -0.4 is 5.73 Å². The second-order valence-corrected chi connectivity index (χ2v) is 4.57. The van der Waals surface area contributed by atoms with E-state index >= 15 is 0 Å². The molecular formula is C11H7ClF3N3S. The van der Waals surface area contributed by atoms with Gasteiger partial charge in [-0.3, -0.25) is 0 Å². The minimum atomic E-state index is -4.45. The molecule has 0 saturated heterocycles. The highest BCUT2D eigenvalue weighted by Gasteiger charge is 2.32. The van der Waals surface area contributed by atoms with E-state index in [9.17, 15) is 13.2 Å². The Kier molecular flexibility index (Phi) is 3.51. The molecule has 0 spiro atoms. The Morgan fingerprint density at radius 2 is 2.05 bits per heavy atom. The Labute approximate surface area is 116 Å². The van der Waals surface area contributed by atoms with Gasteiger partial charge in [0.05, 0.1) is 17.4 Å². The van der Waals surface area contributed by atoms with Crippen LogP contribution in [0.25, 0.3) is 5.69 Å². The van der Waals surface area contributed by atoms with Crippen molar-refractivity contribution in [1.29, 1.82) is 0 Å². The summed E-state index contributed by atoms with van der Waals surface area (Å²) in [5, 5.41) is 4.05. The van der Waals surface area contributed by atoms with E-state index in [4.69, 9.17) is 29.6 Å². The largest absolute Gasteiger partial charge is 0.419 e. The molecule has 2 rings (SSSR count). The second-order valence-electron chi connectivity index (χ2n) is 3.70. The molecule has 0 atom stereocenters. The molecule has 19 heavy (non-hydrogen) atoms. The lowest BCUT2D eigenvalue weighted by Crippen LogP contribution is -2.13. The first kappa shape index (κ1) is 13.8. The lowest BCUT2D eigenvalue weighted by molar-refractivity contribution is -0.137. The summed E-state index contributed by atoms with van der Waals surface area (Å²) < 4.78 is 38.6. The number of thiocarbonyl (C=S) groups is 1. The quantitative estimate of drug-likeness (QED) is 0.867. The number of halogens is 4. The van der Waals surface area contributed by atoms with Gasteiger partial charge in [0.15, 0.2) is 0 Å². The summed E-state index contributed by atoms with van der Waals surface area (Å²) in [4.78, 5) is 0.0292. The Hall–Kier alpha value is -1.60. The van der Waals surface area contributed by atoms with E-state index in [1.54, 1.807) is 0 Å². The van der Waals surface area contributed by atoms with E-state index in [1.165, 1.54) is 18.2 Å². The van der Waals surface area contributed by atoms with Gasteiger partial charge in [-0.15, -0.1) is 0 Å². The van der Waals surface area contributed by atoms with Gasteiger partial charge < -0.3 is 5.73 Å². The molecule has 0 radical (unpaired) electrons. The molecule has 2 aromatic rings. The van der Waals surface area contributed by atoms with E-state index in [0.29, 0.717) is 16.3 Å². The summed E-state index contributed by atoms with van der Waals surface area (Å²) in [6.45, 7) is 0. The van der Waals surface area contributed by atoms with Crippen LogP contribution in [-0.4, -0.2) is 14.8 Å². The molecule has 0 aliphatic carbocycles. The molecule has 0 amide bonds. The maximum Gasteiger partial charge on any atom is 0.419 e. The number of nitrogens with two attached hydrogens (primary N) is 1. The molecule has 0 aliphatic heterocycles. The van der Waals surface area contributed by atoms with E-state index in [-0.39, 0.29) is 4.99 Å². The van der Waals surface area contributed by atoms with E-state index in [0.717, 1.165) is 17.1 Å². The molecule has 0 aliphatic rings. The molecular weight excluding hydrogens is 299 g/mol. The first-order valence-electron chi connectivity index (χ1n) is 5.00. The molecule has 0 fully saturated rings. The molecule has 1 aromatic heterocycles. The topological polar surface area (TPSA) is 43.8 Å². The Bertz CT molecular complexity index is 636. The second kappa shape index (κ2) is 4.82. The van der Waals surface area contributed by atoms with Crippen LogP contribution in [0.15, 0.2) is 30.6 Å². The summed E-state index contributed by atoms with van der Waals surface area (Å²) in [6, 6.07) is 4.51. The van der Waals surface area contributed by atoms with Crippen molar-refractivity contribution in [1.82, 2.24) is 9.78 Å². The number of alkyl halides is 3. The molecule has 0 bridgehead atoms. The van der Waals surface area contributed by atoms with Crippen molar-refractivity contribution < 1.29 is 13.2 Å². The van der Waals surface area contributed by atoms with Gasteiger partial charge in [0.1, 0.15) is 4.99 Å². The minimum Gasteiger partial charge on any atom is -0.389 e. The summed E-state index contributed by atoms with van der Waals surface area (Å²) in [6.07, 6.45) is -2.85. The zero-order valence-electron chi connectivity index (χ0n) is 9.28. The fourth-order valence-corrected chi connectivity index (χ4v) is 1.84. The molecule has 8 heteroatoms. The van der Waals surface area contributed by atoms with Crippen LogP contribution in [-0.2, 0) is 6.18 Å². The minimum absolute atomic E-state index is 0.0292. The summed E-state index contributed by atoms with van der Waals surface area (Å²) in [5.74, 6) is 0. The third kappa shape index (κ3) is 2.87. The molecule has 3 nitrogen and oxygen atoms in total. The lowest BCUT2D eigenvalue weighted by Gasteiger charge is -2.08. The fourth-order valence-electron chi connectivity index (χ4n) is 1.51. The summed E-state index contributed by atoms with van der Waals surface area (Å²) >= 11 is 10.6. The van der Waals surface area contributed by atoms with E-state index < -0.39 is 11.7 Å². The summed E-state index contributed by atoms with van der Waals surface area (Å²) in [7, 11) is 0. The zero-order valence-corrected chi connectivity index (χ0v) is 10.9. The lowest BCUT2D eigenvalue weighted by atomic mass is 10.2. The highest BCUT2D eigenvalue weighted by atomic mass is 35.5. The summed E-state index contributed by atoms with van der Waals surface area (Å²) in [5.41, 5.74) is 5.37. The van der Waals surface area contributed by atoms with E-state index in [1.807, 2.05) is 0 Å². The normalized spacial score (nSPS) is 11.6. The number of hydrogen-bond acceptors (Lipinski definition) is 2. The molecule has 1 aromatic carbocycles. The first-order chi connectivity index (χ1) is 8.79. The number of aromatic nitrogens is 2. The Balaban J connectivity index is 2.53. The molecule has 2 N–H and O–H groups in total. The Morgan fingerprint density at radius 3 is 2.58 bits per heavy atom. The van der Waals surface area contributed by atoms with Gasteiger partial charge in [-0.1, -0.05) is 23.8 Å². The number of nitrogens with zero attached hydrogens (tertiary/aromatic N) is 2. The van der Waals surface area contributed by atoms with Crippen molar-refractivity contribution in [3.63, 3.8) is 0 Å². The van der Waals surface area contributed by atoms with Gasteiger partial charge in [-0.2, -0.15) is 18.3 Å². The van der Waals surface area contributed by atoms with Crippen molar-refractivity contribution in [2.45, 2.75) is 6.18 Å². The van der Waals surface area contributed by atoms with Crippen LogP contribution in [0.3, 0.4) is 0 Å². The number of hydrogen-bond donors (Lipinski definition) is 1. The maximum atomic E-state index is 12.5. The maximum absolute atomic E-state index is 12.5. The van der Waals surface area contributed by atoms with Gasteiger partial charge in [0.2, 0.25) is 0 Å². The highest BCUT2D eigenvalue weighted by molar-refractivity contribution is 7.80. The van der Waals surface area contributed by atoms with Crippen LogP contribution in [0.1, 0.15) is 11.1 Å². The third-order valence-electron chi connectivity index (χ3n) is 2.38. The van der Waals surface area contributed by atoms with Crippen LogP contribution in [0.2, 0.25) is 5.02 Å². The van der Waals surface area contributed by atoms with Gasteiger partial charge >= 0.3 is 6.18 Å². The number of rotatable bonds is 2. The first-order valence-corrected chi connectivity index (χ1v) is 5.79. The fraction of sp³-hybridized carbons (Fsp3) is 0.0909. The predicted octanol–water partition coefficient (Wildman–Crippen LogP) is 3.18. The molecule has 0 unspecified atom stereocenters. The van der Waals surface area contributed by atoms with Crippen molar-refractivity contribution in [3.05, 3.63) is 46.7 Å². The number of benzene rings is 1. The van der Waals surface area contributed by atoms with Crippen LogP contribution in [0.5, 0.6) is 0 Å². The van der Waals surface area contributed by atoms with Crippen LogP contribution in [0, 0.1) is 0 Å². The average Bonchev–Trinajstić information content (AvgIpc) is 2.77. The molecule has 100 valence electrons. The van der Waals surface area contributed by atoms with Crippen molar-refractivity contribution in [2.24, 2.45) is 5.73 Å². The SMILES string of the molecule is NC(=S)c1cc(Cl)ccc1-n1cc(C(F)(F)F)cn1. The van der Waals surface area contributed by atoms with E-state index in [2.05, 4.69) is 5.10 Å². The third-order valence-corrected chi connectivity index (χ3v) is 2.84. The van der Waals surface area contributed by atoms with Gasteiger partial charge in [-0.25, -0.2) is 4.68 Å². The molecule has 1 heterocycles. The van der Waals surface area contributed by atoms with Crippen molar-refractivity contribution in [2.75, 3.05) is 0 Å². The molecule has 0 saturated carbocycles. The van der Waals surface area contributed by atoms with Gasteiger partial charge in [0.25, 0.3) is 0 Å². The Morgan fingerprint density at radius 1 is 1.37 bits per heavy atom. The predicted molar refractivity (Wildman–Crippen MR) is 69.5 cm³/mol. The van der Waals surface area contributed by atoms with Gasteiger partial charge in [0, 0.05) is 16.8 Å². The monoisotopic (exact) mass is 305 g/mol. The van der Waals surface area contributed by atoms with Crippen molar-refractivity contribution in [3.8, 4) is 5.69 Å². The van der Waals surface area contributed by atoms with Crippen molar-refractivity contribution >= 4 is 28.8 Å². The van der Waals surface area contributed by atoms with Crippen LogP contribution >= 0.6 is 23.8 Å². The standard InChI is InChI=1S/C11H7ClF3N3S/c12-7-1-2-9(8(3-7)10(16)19)18-5-6(4-17-18)11(13,14)15/h1-5H,(H2,16,19). The zero-order chi connectivity index (χ0) is 14.2. The van der Waals surface area contributed by atoms with Gasteiger partial charge in [-0.05, 0) is 18.2 Å². The average molecular weight is 306 g/mol. The highest BCUT2D eigenvalue weighted by Crippen LogP contribution is 2.29. The van der Waals surface area contributed by atoms with Crippen LogP contribution in [0.4, 0.5) is 13.2 Å².